The lowest BCUT2D eigenvalue weighted by Crippen LogP contribution is -2.29. The van der Waals surface area contributed by atoms with E-state index in [1.165, 1.54) is 38.0 Å². The summed E-state index contributed by atoms with van der Waals surface area (Å²) in [7, 11) is 0. The van der Waals surface area contributed by atoms with Crippen LogP contribution in [0.2, 0.25) is 0 Å². The number of hydrogen-bond donors (Lipinski definition) is 1. The summed E-state index contributed by atoms with van der Waals surface area (Å²) < 4.78 is 2.05. The van der Waals surface area contributed by atoms with Crippen molar-refractivity contribution in [2.75, 3.05) is 32.7 Å². The molecule has 0 radical (unpaired) electrons. The van der Waals surface area contributed by atoms with Crippen molar-refractivity contribution >= 4 is 0 Å². The molecule has 1 aromatic heterocycles. The van der Waals surface area contributed by atoms with Gasteiger partial charge in [0.15, 0.2) is 0 Å². The zero-order chi connectivity index (χ0) is 12.8. The number of likely N-dealkylation sites (tertiary alicyclic amines) is 1. The molecular formula is C14H26N4. The van der Waals surface area contributed by atoms with Crippen LogP contribution in [-0.2, 0) is 6.54 Å². The first-order chi connectivity index (χ1) is 8.78. The van der Waals surface area contributed by atoms with E-state index in [1.807, 2.05) is 6.20 Å². The summed E-state index contributed by atoms with van der Waals surface area (Å²) in [5.41, 5.74) is 1.25. The van der Waals surface area contributed by atoms with E-state index in [2.05, 4.69) is 40.0 Å². The van der Waals surface area contributed by atoms with Crippen LogP contribution in [0.1, 0.15) is 25.3 Å². The third-order valence-corrected chi connectivity index (χ3v) is 3.64. The molecule has 1 unspecified atom stereocenters. The fraction of sp³-hybridized carbons (Fsp3) is 0.786. The number of hydrogen-bond acceptors (Lipinski definition) is 3. The Morgan fingerprint density at radius 2 is 2.33 bits per heavy atom. The van der Waals surface area contributed by atoms with E-state index in [-0.39, 0.29) is 0 Å². The van der Waals surface area contributed by atoms with Crippen molar-refractivity contribution in [3.8, 4) is 0 Å². The summed E-state index contributed by atoms with van der Waals surface area (Å²) >= 11 is 0. The van der Waals surface area contributed by atoms with Gasteiger partial charge in [-0.2, -0.15) is 5.10 Å². The lowest BCUT2D eigenvalue weighted by molar-refractivity contribution is 0.302. The van der Waals surface area contributed by atoms with Crippen LogP contribution in [0.5, 0.6) is 0 Å². The highest BCUT2D eigenvalue weighted by Gasteiger charge is 2.21. The molecule has 4 nitrogen and oxygen atoms in total. The number of nitrogens with zero attached hydrogens (tertiary/aromatic N) is 3. The minimum absolute atomic E-state index is 0.843. The summed E-state index contributed by atoms with van der Waals surface area (Å²) in [6, 6.07) is 0. The average Bonchev–Trinajstić information content (AvgIpc) is 2.96. The predicted molar refractivity (Wildman–Crippen MR) is 74.7 cm³/mol. The molecule has 2 rings (SSSR count). The summed E-state index contributed by atoms with van der Waals surface area (Å²) in [5, 5.41) is 7.86. The van der Waals surface area contributed by atoms with E-state index >= 15 is 0 Å². The fourth-order valence-electron chi connectivity index (χ4n) is 2.60. The number of aromatic nitrogens is 2. The van der Waals surface area contributed by atoms with Crippen molar-refractivity contribution in [1.29, 1.82) is 0 Å². The lowest BCUT2D eigenvalue weighted by atomic mass is 10.1. The number of rotatable bonds is 7. The Morgan fingerprint density at radius 3 is 3.06 bits per heavy atom. The standard InChI is InChI=1S/C14H26N4/c1-3-5-15-10-14-4-6-17(12-14)7-8-18-11-13(2)9-16-18/h9,11,14-15H,3-8,10,12H2,1-2H3. The molecule has 18 heavy (non-hydrogen) atoms. The zero-order valence-corrected chi connectivity index (χ0v) is 11.7. The molecule has 2 heterocycles. The largest absolute Gasteiger partial charge is 0.316 e. The molecule has 1 saturated heterocycles. The molecular weight excluding hydrogens is 224 g/mol. The second kappa shape index (κ2) is 6.90. The molecule has 1 aromatic rings. The van der Waals surface area contributed by atoms with Gasteiger partial charge >= 0.3 is 0 Å². The second-order valence-corrected chi connectivity index (χ2v) is 5.44. The third-order valence-electron chi connectivity index (χ3n) is 3.64. The van der Waals surface area contributed by atoms with E-state index in [1.54, 1.807) is 0 Å². The zero-order valence-electron chi connectivity index (χ0n) is 11.7. The van der Waals surface area contributed by atoms with Crippen LogP contribution < -0.4 is 5.32 Å². The van der Waals surface area contributed by atoms with E-state index in [0.29, 0.717) is 0 Å². The summed E-state index contributed by atoms with van der Waals surface area (Å²) in [6.07, 6.45) is 6.63. The monoisotopic (exact) mass is 250 g/mol. The quantitative estimate of drug-likeness (QED) is 0.745. The molecule has 1 fully saturated rings. The SMILES string of the molecule is CCCNCC1CCN(CCn2cc(C)cn2)C1. The van der Waals surface area contributed by atoms with Crippen molar-refractivity contribution in [3.63, 3.8) is 0 Å². The van der Waals surface area contributed by atoms with Gasteiger partial charge in [-0.25, -0.2) is 0 Å². The van der Waals surface area contributed by atoms with Crippen LogP contribution in [-0.4, -0.2) is 47.4 Å². The maximum Gasteiger partial charge on any atom is 0.0536 e. The number of nitrogens with one attached hydrogen (secondary N) is 1. The molecule has 1 N–H and O–H groups in total. The minimum Gasteiger partial charge on any atom is -0.316 e. The summed E-state index contributed by atoms with van der Waals surface area (Å²) in [6.45, 7) is 11.3. The highest BCUT2D eigenvalue weighted by Crippen LogP contribution is 2.15. The topological polar surface area (TPSA) is 33.1 Å². The summed E-state index contributed by atoms with van der Waals surface area (Å²) in [5.74, 6) is 0.843. The van der Waals surface area contributed by atoms with Gasteiger partial charge in [0, 0.05) is 19.3 Å². The Labute approximate surface area is 110 Å². The molecule has 0 bridgehead atoms. The van der Waals surface area contributed by atoms with Gasteiger partial charge in [-0.3, -0.25) is 4.68 Å². The fourth-order valence-corrected chi connectivity index (χ4v) is 2.60. The molecule has 0 aromatic carbocycles. The Bertz CT molecular complexity index is 347. The molecule has 0 aliphatic carbocycles. The van der Waals surface area contributed by atoms with Gasteiger partial charge in [0.05, 0.1) is 12.7 Å². The second-order valence-electron chi connectivity index (χ2n) is 5.44. The molecule has 1 aliphatic heterocycles. The first-order valence-corrected chi connectivity index (χ1v) is 7.20. The molecule has 0 saturated carbocycles. The molecule has 0 amide bonds. The third kappa shape index (κ3) is 4.10. The predicted octanol–water partition coefficient (Wildman–Crippen LogP) is 1.51. The first-order valence-electron chi connectivity index (χ1n) is 7.20. The normalized spacial score (nSPS) is 20.7. The van der Waals surface area contributed by atoms with Crippen molar-refractivity contribution in [2.45, 2.75) is 33.2 Å². The highest BCUT2D eigenvalue weighted by atomic mass is 15.3. The Morgan fingerprint density at radius 1 is 1.44 bits per heavy atom. The Kier molecular flexibility index (Phi) is 5.20. The smallest absolute Gasteiger partial charge is 0.0536 e. The van der Waals surface area contributed by atoms with Crippen LogP contribution in [0.3, 0.4) is 0 Å². The van der Waals surface area contributed by atoms with Crippen LogP contribution in [0.25, 0.3) is 0 Å². The van der Waals surface area contributed by atoms with Gasteiger partial charge in [-0.1, -0.05) is 6.92 Å². The first kappa shape index (κ1) is 13.6. The van der Waals surface area contributed by atoms with E-state index in [9.17, 15) is 0 Å². The van der Waals surface area contributed by atoms with Gasteiger partial charge in [-0.05, 0) is 50.9 Å². The van der Waals surface area contributed by atoms with Crippen molar-refractivity contribution < 1.29 is 0 Å². The molecule has 1 atom stereocenters. The van der Waals surface area contributed by atoms with Crippen molar-refractivity contribution in [1.82, 2.24) is 20.0 Å². The maximum absolute atomic E-state index is 4.33. The average molecular weight is 250 g/mol. The summed E-state index contributed by atoms with van der Waals surface area (Å²) in [4.78, 5) is 2.56. The molecule has 1 aliphatic rings. The van der Waals surface area contributed by atoms with Crippen LogP contribution in [0.15, 0.2) is 12.4 Å². The van der Waals surface area contributed by atoms with E-state index in [0.717, 1.165) is 25.6 Å². The number of aryl methyl sites for hydroxylation is 1. The molecule has 0 spiro atoms. The van der Waals surface area contributed by atoms with Crippen LogP contribution in [0, 0.1) is 12.8 Å². The lowest BCUT2D eigenvalue weighted by Gasteiger charge is -2.16. The van der Waals surface area contributed by atoms with E-state index in [4.69, 9.17) is 0 Å². The minimum atomic E-state index is 0.843. The Balaban J connectivity index is 1.63. The van der Waals surface area contributed by atoms with Crippen molar-refractivity contribution in [2.24, 2.45) is 5.92 Å². The van der Waals surface area contributed by atoms with Gasteiger partial charge in [0.25, 0.3) is 0 Å². The maximum atomic E-state index is 4.33. The van der Waals surface area contributed by atoms with Gasteiger partial charge < -0.3 is 10.2 Å². The molecule has 102 valence electrons. The van der Waals surface area contributed by atoms with Crippen LogP contribution in [0.4, 0.5) is 0 Å². The molecule has 4 heteroatoms. The Hall–Kier alpha value is -0.870. The van der Waals surface area contributed by atoms with Gasteiger partial charge in [-0.15, -0.1) is 0 Å². The van der Waals surface area contributed by atoms with E-state index < -0.39 is 0 Å². The highest BCUT2D eigenvalue weighted by molar-refractivity contribution is 4.99. The van der Waals surface area contributed by atoms with Crippen LogP contribution >= 0.6 is 0 Å². The van der Waals surface area contributed by atoms with Gasteiger partial charge in [0.1, 0.15) is 0 Å². The van der Waals surface area contributed by atoms with Gasteiger partial charge in [0.2, 0.25) is 0 Å². The van der Waals surface area contributed by atoms with Crippen molar-refractivity contribution in [3.05, 3.63) is 18.0 Å².